The Morgan fingerprint density at radius 2 is 1.89 bits per heavy atom. The van der Waals surface area contributed by atoms with Gasteiger partial charge in [-0.25, -0.2) is 19.9 Å². The molecule has 0 radical (unpaired) electrons. The second kappa shape index (κ2) is 8.28. The van der Waals surface area contributed by atoms with Crippen molar-refractivity contribution in [2.24, 2.45) is 0 Å². The maximum Gasteiger partial charge on any atom is 0.225 e. The van der Waals surface area contributed by atoms with Crippen LogP contribution in [0, 0.1) is 0 Å². The Morgan fingerprint density at radius 3 is 2.83 bits per heavy atom. The highest BCUT2D eigenvalue weighted by atomic mass is 16.5. The molecule has 7 rings (SSSR count). The van der Waals surface area contributed by atoms with E-state index in [9.17, 15) is 0 Å². The van der Waals surface area contributed by atoms with E-state index in [1.165, 1.54) is 0 Å². The van der Waals surface area contributed by atoms with Gasteiger partial charge in [-0.15, -0.1) is 0 Å². The summed E-state index contributed by atoms with van der Waals surface area (Å²) < 4.78 is 14.3. The number of nitrogens with one attached hydrogen (secondary N) is 1. The van der Waals surface area contributed by atoms with Crippen LogP contribution in [0.15, 0.2) is 48.8 Å². The highest BCUT2D eigenvalue weighted by Gasteiger charge is 2.44. The number of fused-ring (bicyclic) bond motifs is 6. The van der Waals surface area contributed by atoms with E-state index in [4.69, 9.17) is 19.4 Å². The minimum absolute atomic E-state index is 0.385. The Labute approximate surface area is 203 Å². The molecule has 1 spiro atoms. The van der Waals surface area contributed by atoms with Crippen molar-refractivity contribution >= 4 is 17.1 Å². The van der Waals surface area contributed by atoms with Gasteiger partial charge in [-0.05, 0) is 31.2 Å². The van der Waals surface area contributed by atoms with Gasteiger partial charge in [0.1, 0.15) is 29.2 Å². The lowest BCUT2D eigenvalue weighted by molar-refractivity contribution is 0.00399. The minimum Gasteiger partial charge on any atom is -0.493 e. The molecule has 6 heterocycles. The number of pyridine rings is 1. The molecule has 1 N–H and O–H groups in total. The van der Waals surface area contributed by atoms with Crippen molar-refractivity contribution in [1.29, 1.82) is 0 Å². The van der Waals surface area contributed by atoms with Crippen LogP contribution in [0.25, 0.3) is 22.4 Å². The molecule has 3 aliphatic heterocycles. The molecule has 0 amide bonds. The molecule has 1 unspecified atom stereocenters. The van der Waals surface area contributed by atoms with Crippen LogP contribution in [0.5, 0.6) is 5.75 Å². The third kappa shape index (κ3) is 3.37. The summed E-state index contributed by atoms with van der Waals surface area (Å²) in [7, 11) is 0. The summed E-state index contributed by atoms with van der Waals surface area (Å²) in [4.78, 5) is 21.6. The Balaban J connectivity index is 1.31. The van der Waals surface area contributed by atoms with Crippen LogP contribution in [-0.2, 0) is 16.9 Å². The first kappa shape index (κ1) is 20.8. The van der Waals surface area contributed by atoms with E-state index in [1.807, 2.05) is 36.7 Å². The molecule has 35 heavy (non-hydrogen) atoms. The summed E-state index contributed by atoms with van der Waals surface area (Å²) in [6, 6.07) is 12.3. The number of anilines is 1. The van der Waals surface area contributed by atoms with E-state index in [0.717, 1.165) is 84.5 Å². The fourth-order valence-electron chi connectivity index (χ4n) is 5.57. The van der Waals surface area contributed by atoms with Gasteiger partial charge in [-0.3, -0.25) is 4.57 Å². The van der Waals surface area contributed by atoms with Crippen molar-refractivity contribution in [3.63, 3.8) is 0 Å². The van der Waals surface area contributed by atoms with Crippen LogP contribution in [0.3, 0.4) is 0 Å². The van der Waals surface area contributed by atoms with Crippen LogP contribution >= 0.6 is 0 Å². The maximum atomic E-state index is 6.07. The number of benzene rings is 1. The van der Waals surface area contributed by atoms with Gasteiger partial charge in [0.25, 0.3) is 0 Å². The van der Waals surface area contributed by atoms with E-state index >= 15 is 0 Å². The zero-order valence-electron chi connectivity index (χ0n) is 19.5. The fraction of sp³-hybridized carbons (Fsp3) is 0.385. The first-order valence-corrected chi connectivity index (χ1v) is 12.3. The molecule has 0 saturated carbocycles. The monoisotopic (exact) mass is 469 g/mol. The quantitative estimate of drug-likeness (QED) is 0.479. The summed E-state index contributed by atoms with van der Waals surface area (Å²) >= 11 is 0. The number of aromatic nitrogens is 5. The van der Waals surface area contributed by atoms with Gasteiger partial charge in [-0.1, -0.05) is 18.2 Å². The Hall–Kier alpha value is -3.56. The predicted molar refractivity (Wildman–Crippen MR) is 132 cm³/mol. The minimum atomic E-state index is -0.385. The van der Waals surface area contributed by atoms with E-state index in [1.54, 1.807) is 0 Å². The number of ether oxygens (including phenoxy) is 2. The van der Waals surface area contributed by atoms with E-state index in [2.05, 4.69) is 36.9 Å². The average Bonchev–Trinajstić information content (AvgIpc) is 3.08. The average molecular weight is 470 g/mol. The number of para-hydroxylation sites is 1. The number of nitrogens with zero attached hydrogens (tertiary/aromatic N) is 6. The van der Waals surface area contributed by atoms with Crippen molar-refractivity contribution in [2.45, 2.75) is 25.0 Å². The van der Waals surface area contributed by atoms with Crippen LogP contribution in [0.1, 0.15) is 24.2 Å². The number of hydrogen-bond acceptors (Lipinski definition) is 8. The molecule has 1 atom stereocenters. The molecule has 178 valence electrons. The number of rotatable bonds is 2. The van der Waals surface area contributed by atoms with Crippen LogP contribution < -0.4 is 15.0 Å². The topological polar surface area (TPSA) is 90.2 Å². The first-order valence-electron chi connectivity index (χ1n) is 12.3. The number of imidazole rings is 1. The van der Waals surface area contributed by atoms with Gasteiger partial charge in [-0.2, -0.15) is 0 Å². The smallest absolute Gasteiger partial charge is 0.225 e. The van der Waals surface area contributed by atoms with Crippen LogP contribution in [-0.4, -0.2) is 63.9 Å². The predicted octanol–water partition coefficient (Wildman–Crippen LogP) is 2.74. The fourth-order valence-corrected chi connectivity index (χ4v) is 5.57. The van der Waals surface area contributed by atoms with Crippen molar-refractivity contribution < 1.29 is 9.47 Å². The Morgan fingerprint density at radius 1 is 0.971 bits per heavy atom. The third-order valence-corrected chi connectivity index (χ3v) is 7.29. The lowest BCUT2D eigenvalue weighted by Gasteiger charge is -2.43. The zero-order valence-corrected chi connectivity index (χ0v) is 19.5. The zero-order chi connectivity index (χ0) is 23.2. The van der Waals surface area contributed by atoms with Crippen molar-refractivity contribution in [2.75, 3.05) is 44.3 Å². The third-order valence-electron chi connectivity index (χ3n) is 7.29. The van der Waals surface area contributed by atoms with E-state index < -0.39 is 0 Å². The first-order chi connectivity index (χ1) is 17.3. The van der Waals surface area contributed by atoms with Gasteiger partial charge in [0, 0.05) is 49.6 Å². The Bertz CT molecular complexity index is 1370. The molecule has 1 fully saturated rings. The lowest BCUT2D eigenvalue weighted by atomic mass is 9.84. The summed E-state index contributed by atoms with van der Waals surface area (Å²) in [5, 5.41) is 3.42. The summed E-state index contributed by atoms with van der Waals surface area (Å²) in [6.45, 7) is 5.54. The molecule has 1 saturated heterocycles. The van der Waals surface area contributed by atoms with E-state index in [0.29, 0.717) is 19.8 Å². The van der Waals surface area contributed by atoms with Gasteiger partial charge < -0.3 is 19.7 Å². The second-order valence-corrected chi connectivity index (χ2v) is 9.38. The SMILES string of the molecule is c1ccc2c(c1)OCCC21COCc2nc3ccc(-c4cnc(N5CCCNCC5)nc4)nc3n21. The van der Waals surface area contributed by atoms with E-state index in [-0.39, 0.29) is 5.54 Å². The van der Waals surface area contributed by atoms with Gasteiger partial charge in [0.15, 0.2) is 5.65 Å². The van der Waals surface area contributed by atoms with Crippen molar-refractivity contribution in [1.82, 2.24) is 29.8 Å². The lowest BCUT2D eigenvalue weighted by Crippen LogP contribution is -2.47. The summed E-state index contributed by atoms with van der Waals surface area (Å²) in [5.74, 6) is 2.57. The molecule has 3 aromatic heterocycles. The summed E-state index contributed by atoms with van der Waals surface area (Å²) in [5.41, 5.74) is 4.20. The van der Waals surface area contributed by atoms with Crippen molar-refractivity contribution in [3.05, 3.63) is 60.2 Å². The molecule has 9 heteroatoms. The highest BCUT2D eigenvalue weighted by Crippen LogP contribution is 2.44. The van der Waals surface area contributed by atoms with Crippen LogP contribution in [0.4, 0.5) is 5.95 Å². The Kier molecular flexibility index (Phi) is 4.92. The normalized spacial score (nSPS) is 21.9. The largest absolute Gasteiger partial charge is 0.493 e. The number of hydrogen-bond donors (Lipinski definition) is 1. The van der Waals surface area contributed by atoms with Crippen LogP contribution in [0.2, 0.25) is 0 Å². The molecule has 1 aromatic carbocycles. The molecule has 0 bridgehead atoms. The second-order valence-electron chi connectivity index (χ2n) is 9.38. The maximum absolute atomic E-state index is 6.07. The highest BCUT2D eigenvalue weighted by molar-refractivity contribution is 5.77. The molecule has 3 aliphatic rings. The molecule has 9 nitrogen and oxygen atoms in total. The van der Waals surface area contributed by atoms with Gasteiger partial charge in [0.05, 0.1) is 18.9 Å². The molecule has 4 aromatic rings. The standard InChI is InChI=1S/C26H27N7O2/c1-2-5-22-19(4-1)26(8-13-35-22)17-34-16-23-30-21-7-6-20(31-24(21)33(23)26)18-14-28-25(29-15-18)32-11-3-9-27-10-12-32/h1-2,4-7,14-15,27H,3,8-13,16-17H2. The van der Waals surface area contributed by atoms with Gasteiger partial charge in [0.2, 0.25) is 5.95 Å². The van der Waals surface area contributed by atoms with Crippen molar-refractivity contribution in [3.8, 4) is 17.0 Å². The summed E-state index contributed by atoms with van der Waals surface area (Å²) in [6.07, 6.45) is 5.65. The molecular weight excluding hydrogens is 442 g/mol. The molecular formula is C26H27N7O2. The van der Waals surface area contributed by atoms with Gasteiger partial charge >= 0.3 is 0 Å². The molecule has 0 aliphatic carbocycles.